The van der Waals surface area contributed by atoms with Crippen LogP contribution in [-0.4, -0.2) is 21.0 Å². The third kappa shape index (κ3) is 2.69. The number of nitrogen functional groups attached to an aromatic ring is 1. The fourth-order valence-electron chi connectivity index (χ4n) is 2.71. The van der Waals surface area contributed by atoms with Crippen molar-refractivity contribution < 1.29 is 8.42 Å². The topological polar surface area (TPSA) is 89.4 Å². The Morgan fingerprint density at radius 1 is 1.32 bits per heavy atom. The van der Waals surface area contributed by atoms with E-state index in [1.807, 2.05) is 6.07 Å². The lowest BCUT2D eigenvalue weighted by Gasteiger charge is -2.40. The number of anilines is 2. The van der Waals surface area contributed by atoms with E-state index in [-0.39, 0.29) is 10.6 Å². The van der Waals surface area contributed by atoms with Crippen LogP contribution in [0.1, 0.15) is 26.7 Å². The second-order valence-electron chi connectivity index (χ2n) is 5.29. The summed E-state index contributed by atoms with van der Waals surface area (Å²) in [5, 5.41) is 5.19. The van der Waals surface area contributed by atoms with E-state index >= 15 is 0 Å². The Hall–Kier alpha value is -1.27. The number of nitrogens with two attached hydrogens (primary N) is 2. The zero-order chi connectivity index (χ0) is 14.2. The van der Waals surface area contributed by atoms with Gasteiger partial charge < -0.3 is 10.6 Å². The number of primary sulfonamides is 1. The first-order valence-corrected chi connectivity index (χ1v) is 8.05. The van der Waals surface area contributed by atoms with Crippen molar-refractivity contribution in [3.05, 3.63) is 18.2 Å². The number of benzene rings is 1. The molecule has 1 aromatic carbocycles. The zero-order valence-electron chi connectivity index (χ0n) is 11.3. The number of piperidine rings is 1. The molecule has 2 rings (SSSR count). The van der Waals surface area contributed by atoms with Gasteiger partial charge in [0.15, 0.2) is 0 Å². The molecule has 0 spiro atoms. The lowest BCUT2D eigenvalue weighted by molar-refractivity contribution is 0.364. The summed E-state index contributed by atoms with van der Waals surface area (Å²) in [5.74, 6) is 0.561. The average Bonchev–Trinajstić information content (AvgIpc) is 2.32. The fourth-order valence-corrected chi connectivity index (χ4v) is 3.39. The van der Waals surface area contributed by atoms with Crippen LogP contribution in [0.25, 0.3) is 0 Å². The molecule has 106 valence electrons. The van der Waals surface area contributed by atoms with Crippen molar-refractivity contribution in [3.8, 4) is 0 Å². The number of sulfonamides is 1. The van der Waals surface area contributed by atoms with Gasteiger partial charge in [0.2, 0.25) is 10.0 Å². The Morgan fingerprint density at radius 2 is 2.00 bits per heavy atom. The summed E-state index contributed by atoms with van der Waals surface area (Å²) < 4.78 is 23.0. The van der Waals surface area contributed by atoms with Gasteiger partial charge in [0.25, 0.3) is 0 Å². The van der Waals surface area contributed by atoms with Crippen molar-refractivity contribution in [2.24, 2.45) is 11.1 Å². The predicted octanol–water partition coefficient (Wildman–Crippen LogP) is 1.54. The normalized spacial score (nSPS) is 24.5. The van der Waals surface area contributed by atoms with Gasteiger partial charge in [0.1, 0.15) is 4.90 Å². The maximum Gasteiger partial charge on any atom is 0.240 e. The lowest BCUT2D eigenvalue weighted by Crippen LogP contribution is -2.42. The van der Waals surface area contributed by atoms with Gasteiger partial charge in [-0.05, 0) is 37.8 Å². The van der Waals surface area contributed by atoms with Gasteiger partial charge in [-0.15, -0.1) is 0 Å². The van der Waals surface area contributed by atoms with E-state index in [1.165, 1.54) is 12.5 Å². The van der Waals surface area contributed by atoms with Gasteiger partial charge >= 0.3 is 0 Å². The summed E-state index contributed by atoms with van der Waals surface area (Å²) in [6.07, 6.45) is 2.27. The quantitative estimate of drug-likeness (QED) is 0.806. The summed E-state index contributed by atoms with van der Waals surface area (Å²) >= 11 is 0. The first kappa shape index (κ1) is 14.1. The maximum absolute atomic E-state index is 11.5. The number of para-hydroxylation sites is 1. The summed E-state index contributed by atoms with van der Waals surface area (Å²) in [5.41, 5.74) is 7.03. The summed E-state index contributed by atoms with van der Waals surface area (Å²) in [6, 6.07) is 5.34. The maximum atomic E-state index is 11.5. The number of nitrogens with zero attached hydrogens (tertiary/aromatic N) is 1. The first-order chi connectivity index (χ1) is 8.82. The molecule has 1 saturated heterocycles. The van der Waals surface area contributed by atoms with Crippen molar-refractivity contribution in [3.63, 3.8) is 0 Å². The summed E-state index contributed by atoms with van der Waals surface area (Å²) in [4.78, 5) is 2.19. The molecule has 4 N–H and O–H groups in total. The third-order valence-electron chi connectivity index (χ3n) is 4.03. The molecule has 19 heavy (non-hydrogen) atoms. The van der Waals surface area contributed by atoms with E-state index in [0.29, 0.717) is 12.0 Å². The molecular formula is C13H21N3O2S. The largest absolute Gasteiger partial charge is 0.396 e. The van der Waals surface area contributed by atoms with Gasteiger partial charge in [0.05, 0.1) is 11.4 Å². The molecule has 1 heterocycles. The van der Waals surface area contributed by atoms with Crippen molar-refractivity contribution in [2.75, 3.05) is 17.2 Å². The highest BCUT2D eigenvalue weighted by Crippen LogP contribution is 2.34. The minimum absolute atomic E-state index is 0.00965. The molecule has 2 atom stereocenters. The summed E-state index contributed by atoms with van der Waals surface area (Å²) in [6.45, 7) is 5.24. The van der Waals surface area contributed by atoms with E-state index < -0.39 is 10.0 Å². The number of hydrogen-bond acceptors (Lipinski definition) is 4. The van der Waals surface area contributed by atoms with Gasteiger partial charge in [-0.1, -0.05) is 13.0 Å². The van der Waals surface area contributed by atoms with E-state index in [9.17, 15) is 8.42 Å². The van der Waals surface area contributed by atoms with Crippen LogP contribution < -0.4 is 15.8 Å². The predicted molar refractivity (Wildman–Crippen MR) is 77.4 cm³/mol. The first-order valence-electron chi connectivity index (χ1n) is 6.50. The van der Waals surface area contributed by atoms with Crippen molar-refractivity contribution in [1.29, 1.82) is 0 Å². The molecule has 2 unspecified atom stereocenters. The molecule has 5 nitrogen and oxygen atoms in total. The summed E-state index contributed by atoms with van der Waals surface area (Å²) in [7, 11) is -3.78. The van der Waals surface area contributed by atoms with Crippen LogP contribution in [-0.2, 0) is 10.0 Å². The molecule has 1 aliphatic rings. The van der Waals surface area contributed by atoms with Gasteiger partial charge in [-0.2, -0.15) is 0 Å². The Balaban J connectivity index is 2.46. The molecule has 0 bridgehead atoms. The monoisotopic (exact) mass is 283 g/mol. The number of hydrogen-bond donors (Lipinski definition) is 2. The van der Waals surface area contributed by atoms with Crippen molar-refractivity contribution >= 4 is 21.4 Å². The minimum atomic E-state index is -3.78. The van der Waals surface area contributed by atoms with Crippen LogP contribution in [0.2, 0.25) is 0 Å². The van der Waals surface area contributed by atoms with E-state index in [2.05, 4.69) is 18.7 Å². The Bertz CT molecular complexity index is 571. The van der Waals surface area contributed by atoms with E-state index in [1.54, 1.807) is 6.07 Å². The second-order valence-corrected chi connectivity index (χ2v) is 6.82. The van der Waals surface area contributed by atoms with Crippen LogP contribution in [0.15, 0.2) is 23.1 Å². The molecule has 0 aromatic heterocycles. The van der Waals surface area contributed by atoms with E-state index in [0.717, 1.165) is 18.7 Å². The van der Waals surface area contributed by atoms with Crippen molar-refractivity contribution in [2.45, 2.75) is 37.6 Å². The molecular weight excluding hydrogens is 262 g/mol. The SMILES string of the molecule is CC1CCCN(c2cccc(S(N)(=O)=O)c2N)C1C. The van der Waals surface area contributed by atoms with Crippen LogP contribution in [0.5, 0.6) is 0 Å². The van der Waals surface area contributed by atoms with Crippen LogP contribution in [0, 0.1) is 5.92 Å². The molecule has 0 amide bonds. The standard InChI is InChI=1S/C13H21N3O2S/c1-9-5-4-8-16(10(9)2)11-6-3-7-12(13(11)14)19(15,17)18/h3,6-7,9-10H,4-5,8,14H2,1-2H3,(H2,15,17,18). The minimum Gasteiger partial charge on any atom is -0.396 e. The van der Waals surface area contributed by atoms with Gasteiger partial charge in [-0.25, -0.2) is 13.6 Å². The molecule has 0 aliphatic carbocycles. The van der Waals surface area contributed by atoms with Gasteiger partial charge in [-0.3, -0.25) is 0 Å². The van der Waals surface area contributed by atoms with Crippen LogP contribution in [0.4, 0.5) is 11.4 Å². The highest BCUT2D eigenvalue weighted by Gasteiger charge is 2.27. The Kier molecular flexibility index (Phi) is 3.73. The Labute approximate surface area is 114 Å². The lowest BCUT2D eigenvalue weighted by atomic mass is 9.91. The Morgan fingerprint density at radius 3 is 2.63 bits per heavy atom. The highest BCUT2D eigenvalue weighted by atomic mass is 32.2. The van der Waals surface area contributed by atoms with E-state index in [4.69, 9.17) is 10.9 Å². The van der Waals surface area contributed by atoms with Crippen LogP contribution in [0.3, 0.4) is 0 Å². The fraction of sp³-hybridized carbons (Fsp3) is 0.538. The molecule has 1 aromatic rings. The van der Waals surface area contributed by atoms with Crippen LogP contribution >= 0.6 is 0 Å². The molecule has 6 heteroatoms. The molecule has 0 saturated carbocycles. The molecule has 0 radical (unpaired) electrons. The third-order valence-corrected chi connectivity index (χ3v) is 5.00. The smallest absolute Gasteiger partial charge is 0.240 e. The molecule has 1 aliphatic heterocycles. The zero-order valence-corrected chi connectivity index (χ0v) is 12.2. The average molecular weight is 283 g/mol. The number of rotatable bonds is 2. The van der Waals surface area contributed by atoms with Crippen molar-refractivity contribution in [1.82, 2.24) is 0 Å². The second kappa shape index (κ2) is 5.02. The van der Waals surface area contributed by atoms with Gasteiger partial charge in [0, 0.05) is 12.6 Å². The highest BCUT2D eigenvalue weighted by molar-refractivity contribution is 7.89. The molecule has 1 fully saturated rings.